The zero-order valence-electron chi connectivity index (χ0n) is 43.8. The highest BCUT2D eigenvalue weighted by atomic mass is 31.1. The molecule has 0 radical (unpaired) electrons. The monoisotopic (exact) mass is 953 g/mol. The van der Waals surface area contributed by atoms with Crippen molar-refractivity contribution in [2.75, 3.05) is 7.05 Å². The van der Waals surface area contributed by atoms with Crippen LogP contribution in [0.4, 0.5) is 0 Å². The Kier molecular flexibility index (Phi) is 21.6. The minimum atomic E-state index is -1.52. The van der Waals surface area contributed by atoms with Crippen LogP contribution in [0, 0.1) is 0 Å². The van der Waals surface area contributed by atoms with Gasteiger partial charge in [0.2, 0.25) is 0 Å². The highest BCUT2D eigenvalue weighted by Crippen LogP contribution is 2.55. The first kappa shape index (κ1) is 56.4. The van der Waals surface area contributed by atoms with Crippen molar-refractivity contribution >= 4 is 51.6 Å². The Bertz CT molecular complexity index is 2580. The summed E-state index contributed by atoms with van der Waals surface area (Å²) in [6.07, 6.45) is 34.6. The predicted molar refractivity (Wildman–Crippen MR) is 302 cm³/mol. The van der Waals surface area contributed by atoms with E-state index in [-0.39, 0.29) is 10.8 Å². The number of hydrogen-bond acceptors (Lipinski definition) is 7. The van der Waals surface area contributed by atoms with E-state index >= 15 is 0 Å². The van der Waals surface area contributed by atoms with E-state index in [1.54, 1.807) is 18.2 Å². The van der Waals surface area contributed by atoms with Gasteiger partial charge in [-0.3, -0.25) is 9.98 Å². The molecule has 2 unspecified atom stereocenters. The second-order valence-electron chi connectivity index (χ2n) is 18.0. The highest BCUT2D eigenvalue weighted by Gasteiger charge is 2.42. The van der Waals surface area contributed by atoms with E-state index in [9.17, 15) is 0 Å². The Morgan fingerprint density at radius 1 is 0.809 bits per heavy atom. The van der Waals surface area contributed by atoms with Crippen LogP contribution in [0.25, 0.3) is 12.2 Å². The van der Waals surface area contributed by atoms with E-state index < -0.39 is 21.9 Å². The molecule has 0 bridgehead atoms. The van der Waals surface area contributed by atoms with E-state index in [1.165, 1.54) is 11.1 Å². The molecular weight excluding hydrogens is 875 g/mol. The number of rotatable bonds is 17. The van der Waals surface area contributed by atoms with Crippen LogP contribution in [0.5, 0.6) is 11.5 Å². The Morgan fingerprint density at radius 3 is 1.97 bits per heavy atom. The van der Waals surface area contributed by atoms with Crippen LogP contribution in [0.1, 0.15) is 137 Å². The third-order valence-corrected chi connectivity index (χ3v) is 14.5. The minimum Gasteiger partial charge on any atom is -0.455 e. The summed E-state index contributed by atoms with van der Waals surface area (Å²) in [7, 11) is -0.967. The van der Waals surface area contributed by atoms with Crippen molar-refractivity contribution in [2.45, 2.75) is 120 Å². The van der Waals surface area contributed by atoms with Gasteiger partial charge in [-0.1, -0.05) is 188 Å². The van der Waals surface area contributed by atoms with Crippen molar-refractivity contribution in [3.8, 4) is 11.5 Å². The van der Waals surface area contributed by atoms with Crippen LogP contribution >= 0.6 is 16.4 Å². The van der Waals surface area contributed by atoms with E-state index in [0.717, 1.165) is 55.6 Å². The summed E-state index contributed by atoms with van der Waals surface area (Å²) >= 11 is 0. The lowest BCUT2D eigenvalue weighted by Crippen LogP contribution is -2.34. The fourth-order valence-corrected chi connectivity index (χ4v) is 10.6. The van der Waals surface area contributed by atoms with Crippen LogP contribution in [-0.4, -0.2) is 43.4 Å². The fourth-order valence-electron chi connectivity index (χ4n) is 6.96. The van der Waals surface area contributed by atoms with E-state index in [1.807, 2.05) is 149 Å². The molecule has 0 spiro atoms. The summed E-state index contributed by atoms with van der Waals surface area (Å²) in [6, 6.07) is 11.3. The Labute approximate surface area is 412 Å². The van der Waals surface area contributed by atoms with Gasteiger partial charge in [0.15, 0.2) is 16.4 Å². The lowest BCUT2D eigenvalue weighted by atomic mass is 9.72. The van der Waals surface area contributed by atoms with E-state index in [4.69, 9.17) is 25.1 Å². The molecule has 1 aliphatic heterocycles. The summed E-state index contributed by atoms with van der Waals surface area (Å²) in [6.45, 7) is 43.8. The normalized spacial score (nSPS) is 14.9. The van der Waals surface area contributed by atoms with Crippen molar-refractivity contribution in [2.24, 2.45) is 10.2 Å². The molecule has 0 saturated heterocycles. The molecule has 1 N–H and O–H groups in total. The Balaban J connectivity index is 0.00000298. The van der Waals surface area contributed by atoms with Gasteiger partial charge < -0.3 is 4.74 Å². The standard InChI is InChI=1S/C53H66N8OP2.2C2H6/c1-16-21-24-26-39(6)35-54-58-63(61-44(28-23-18-3)29-30-55-61)47-33-42(51(7,8)9)31-45-49(47)62-50-46(53(45,13)14)32-43(52(10,11)12)34-48(50)64(59(15)56-36-40(20-5)25-19-4)60-38-41(37-57-60)27-22-17-2;2*1-2/h16-38,58H,1-3H2,4-15H3;2*1-2H3/b24-21-,25-19-,27-22-,28-23-,39-26+,40-20+,54-35-,56-36-;;. The molecule has 5 rings (SSSR count). The van der Waals surface area contributed by atoms with Gasteiger partial charge in [0, 0.05) is 41.5 Å². The molecule has 1 aliphatic rings. The summed E-state index contributed by atoms with van der Waals surface area (Å²) < 4.78 is 13.7. The van der Waals surface area contributed by atoms with Crippen molar-refractivity contribution < 1.29 is 4.74 Å². The zero-order valence-corrected chi connectivity index (χ0v) is 45.6. The Hall–Kier alpha value is -5.88. The van der Waals surface area contributed by atoms with Crippen molar-refractivity contribution in [3.05, 3.63) is 180 Å². The molecule has 2 aromatic carbocycles. The number of aromatic nitrogens is 4. The third kappa shape index (κ3) is 14.1. The first-order valence-electron chi connectivity index (χ1n) is 23.5. The van der Waals surface area contributed by atoms with Gasteiger partial charge >= 0.3 is 0 Å². The van der Waals surface area contributed by atoms with Crippen LogP contribution < -0.4 is 20.5 Å². The van der Waals surface area contributed by atoms with E-state index in [2.05, 4.69) is 123 Å². The lowest BCUT2D eigenvalue weighted by Gasteiger charge is -2.40. The highest BCUT2D eigenvalue weighted by molar-refractivity contribution is 7.62. The molecule has 11 heteroatoms. The molecular formula is C57H78N8OP2. The fraction of sp³-hybridized carbons (Fsp3) is 0.333. The molecule has 2 aromatic heterocycles. The Morgan fingerprint density at radius 2 is 1.40 bits per heavy atom. The molecule has 0 amide bonds. The molecule has 68 heavy (non-hydrogen) atoms. The summed E-state index contributed by atoms with van der Waals surface area (Å²) in [5.74, 6) is 1.57. The average molecular weight is 953 g/mol. The minimum absolute atomic E-state index is 0.187. The predicted octanol–water partition coefficient (Wildman–Crippen LogP) is 15.2. The molecule has 362 valence electrons. The molecule has 3 heterocycles. The van der Waals surface area contributed by atoms with Gasteiger partial charge in [0.25, 0.3) is 0 Å². The maximum Gasteiger partial charge on any atom is 0.170 e. The largest absolute Gasteiger partial charge is 0.455 e. The first-order valence-corrected chi connectivity index (χ1v) is 26.1. The second-order valence-corrected chi connectivity index (χ2v) is 21.7. The molecule has 0 aliphatic carbocycles. The molecule has 0 saturated carbocycles. The second kappa shape index (κ2) is 26.0. The molecule has 4 aromatic rings. The van der Waals surface area contributed by atoms with Gasteiger partial charge in [-0.05, 0) is 78.1 Å². The summed E-state index contributed by atoms with van der Waals surface area (Å²) in [5.41, 5.74) is 7.50. The smallest absolute Gasteiger partial charge is 0.170 e. The van der Waals surface area contributed by atoms with Crippen molar-refractivity contribution in [3.63, 3.8) is 0 Å². The number of ether oxygens (including phenoxy) is 1. The van der Waals surface area contributed by atoms with Crippen molar-refractivity contribution in [1.82, 2.24) is 29.1 Å². The van der Waals surface area contributed by atoms with Gasteiger partial charge in [-0.2, -0.15) is 20.4 Å². The molecule has 2 atom stereocenters. The van der Waals surface area contributed by atoms with Gasteiger partial charge in [-0.15, -0.1) is 0 Å². The number of nitrogens with zero attached hydrogens (tertiary/aromatic N) is 7. The average Bonchev–Trinajstić information content (AvgIpc) is 3.98. The molecule has 9 nitrogen and oxygen atoms in total. The quantitative estimate of drug-likeness (QED) is 0.0493. The van der Waals surface area contributed by atoms with Crippen LogP contribution in [0.3, 0.4) is 0 Å². The van der Waals surface area contributed by atoms with Crippen molar-refractivity contribution in [1.29, 1.82) is 0 Å². The number of fused-ring (bicyclic) bond motifs is 2. The topological polar surface area (TPSA) is 84.9 Å². The third-order valence-electron chi connectivity index (χ3n) is 10.7. The van der Waals surface area contributed by atoms with Gasteiger partial charge in [0.05, 0.1) is 34.9 Å². The number of allylic oxidation sites excluding steroid dienone is 13. The maximum absolute atomic E-state index is 7.58. The van der Waals surface area contributed by atoms with Gasteiger partial charge in [0.1, 0.15) is 11.5 Å². The van der Waals surface area contributed by atoms with E-state index in [0.29, 0.717) is 0 Å². The number of hydrazone groups is 2. The number of hydrogen-bond donors (Lipinski definition) is 1. The lowest BCUT2D eigenvalue weighted by molar-refractivity contribution is 0.421. The van der Waals surface area contributed by atoms with Crippen LogP contribution in [-0.2, 0) is 16.2 Å². The number of nitrogens with one attached hydrogen (secondary N) is 1. The molecule has 0 fully saturated rings. The van der Waals surface area contributed by atoms with Crippen LogP contribution in [0.2, 0.25) is 0 Å². The first-order chi connectivity index (χ1) is 32.4. The zero-order chi connectivity index (χ0) is 50.8. The number of benzene rings is 2. The van der Waals surface area contributed by atoms with Gasteiger partial charge in [-0.25, -0.2) is 8.90 Å². The summed E-state index contributed by atoms with van der Waals surface area (Å²) in [4.78, 5) is 0. The SMILES string of the molecule is C=C\C=C/C=C(C)/C=N\NP(c1cc(C(C)(C)C)cc2c1Oc1c(P(N(C)\N=C/C(/C=C\C)=C/C)n3cc(/C=C\C=C)cn3)cc(C(C)(C)C)cc1C2(C)C)n1nccc1/C=C\C=C.CC.CC. The van der Waals surface area contributed by atoms with Crippen LogP contribution in [0.15, 0.2) is 157 Å². The maximum atomic E-state index is 7.58. The summed E-state index contributed by atoms with van der Waals surface area (Å²) in [5, 5.41) is 25.4.